The summed E-state index contributed by atoms with van der Waals surface area (Å²) in [4.78, 5) is 21.7. The second kappa shape index (κ2) is 11.3. The van der Waals surface area contributed by atoms with Crippen molar-refractivity contribution in [1.82, 2.24) is 9.88 Å². The molecule has 1 aliphatic rings. The van der Waals surface area contributed by atoms with Crippen LogP contribution in [0.1, 0.15) is 25.8 Å². The van der Waals surface area contributed by atoms with Crippen molar-refractivity contribution < 1.29 is 26.7 Å². The first-order chi connectivity index (χ1) is 17.1. The van der Waals surface area contributed by atoms with Gasteiger partial charge in [0.25, 0.3) is 0 Å². The number of hydrogen-bond donors (Lipinski definition) is 0. The van der Waals surface area contributed by atoms with Crippen LogP contribution in [0, 0.1) is 11.6 Å². The molecule has 1 aliphatic heterocycles. The quantitative estimate of drug-likeness (QED) is 0.410. The number of ether oxygens (including phenoxy) is 1. The molecule has 2 heterocycles. The van der Waals surface area contributed by atoms with Gasteiger partial charge in [0.1, 0.15) is 11.3 Å². The third-order valence-electron chi connectivity index (χ3n) is 6.12. The Hall–Kier alpha value is -2.47. The predicted octanol–water partition coefficient (Wildman–Crippen LogP) is 4.05. The second-order valence-electron chi connectivity index (χ2n) is 9.00. The number of benzene rings is 2. The van der Waals surface area contributed by atoms with Crippen LogP contribution in [0.5, 0.6) is 0 Å². The molecule has 2 aromatic carbocycles. The molecule has 1 aromatic heterocycles. The number of thiazole rings is 1. The molecule has 0 saturated carbocycles. The zero-order valence-electron chi connectivity index (χ0n) is 20.2. The van der Waals surface area contributed by atoms with Crippen LogP contribution in [-0.4, -0.2) is 68.9 Å². The largest absolute Gasteiger partial charge is 0.379 e. The van der Waals surface area contributed by atoms with E-state index in [4.69, 9.17) is 4.74 Å². The summed E-state index contributed by atoms with van der Waals surface area (Å²) in [7, 11) is -3.41. The SMILES string of the molecule is CC(C)S(=O)(=O)c1ccc(CC(=O)N(CCCN2CCOCC2)c2nc3c(F)cc(F)cc3s2)cc1. The van der Waals surface area contributed by atoms with Crippen LogP contribution >= 0.6 is 11.3 Å². The number of rotatable bonds is 9. The normalized spacial score (nSPS) is 15.0. The minimum absolute atomic E-state index is 0.0202. The topological polar surface area (TPSA) is 79.8 Å². The molecule has 1 fully saturated rings. The van der Waals surface area contributed by atoms with Crippen molar-refractivity contribution in [3.05, 3.63) is 53.6 Å². The second-order valence-corrected chi connectivity index (χ2v) is 12.5. The molecule has 0 spiro atoms. The van der Waals surface area contributed by atoms with Crippen LogP contribution in [0.3, 0.4) is 0 Å². The third-order valence-corrected chi connectivity index (χ3v) is 9.32. The lowest BCUT2D eigenvalue weighted by molar-refractivity contribution is -0.118. The van der Waals surface area contributed by atoms with E-state index in [1.54, 1.807) is 26.0 Å². The van der Waals surface area contributed by atoms with Gasteiger partial charge >= 0.3 is 0 Å². The van der Waals surface area contributed by atoms with Crippen molar-refractivity contribution in [2.45, 2.75) is 36.8 Å². The Kier molecular flexibility index (Phi) is 8.34. The van der Waals surface area contributed by atoms with E-state index in [1.165, 1.54) is 23.1 Å². The first-order valence-corrected chi connectivity index (χ1v) is 14.2. The summed E-state index contributed by atoms with van der Waals surface area (Å²) in [5, 5.41) is -0.239. The van der Waals surface area contributed by atoms with Gasteiger partial charge < -0.3 is 4.74 Å². The van der Waals surface area contributed by atoms with Crippen LogP contribution < -0.4 is 4.90 Å². The molecule has 1 saturated heterocycles. The average molecular weight is 538 g/mol. The zero-order valence-corrected chi connectivity index (χ0v) is 21.9. The predicted molar refractivity (Wildman–Crippen MR) is 136 cm³/mol. The molecule has 0 aliphatic carbocycles. The summed E-state index contributed by atoms with van der Waals surface area (Å²) < 4.78 is 58.5. The molecule has 36 heavy (non-hydrogen) atoms. The van der Waals surface area contributed by atoms with E-state index in [1.807, 2.05) is 0 Å². The number of carbonyl (C=O) groups is 1. The highest BCUT2D eigenvalue weighted by atomic mass is 32.2. The number of amides is 1. The molecular weight excluding hydrogens is 508 g/mol. The lowest BCUT2D eigenvalue weighted by Gasteiger charge is -2.27. The van der Waals surface area contributed by atoms with Crippen LogP contribution in [0.2, 0.25) is 0 Å². The highest BCUT2D eigenvalue weighted by Crippen LogP contribution is 2.32. The molecule has 0 atom stereocenters. The fraction of sp³-hybridized carbons (Fsp3) is 0.440. The summed E-state index contributed by atoms with van der Waals surface area (Å²) in [5.74, 6) is -1.72. The number of nitrogens with zero attached hydrogens (tertiary/aromatic N) is 3. The van der Waals surface area contributed by atoms with Crippen LogP contribution in [0.15, 0.2) is 41.3 Å². The number of anilines is 1. The molecule has 0 unspecified atom stereocenters. The smallest absolute Gasteiger partial charge is 0.233 e. The Bertz CT molecular complexity index is 1320. The highest BCUT2D eigenvalue weighted by Gasteiger charge is 2.23. The fourth-order valence-electron chi connectivity index (χ4n) is 4.00. The van der Waals surface area contributed by atoms with E-state index in [2.05, 4.69) is 9.88 Å². The lowest BCUT2D eigenvalue weighted by atomic mass is 10.1. The van der Waals surface area contributed by atoms with Gasteiger partial charge in [-0.05, 0) is 44.0 Å². The van der Waals surface area contributed by atoms with Crippen LogP contribution in [-0.2, 0) is 25.8 Å². The Balaban J connectivity index is 1.54. The van der Waals surface area contributed by atoms with Gasteiger partial charge in [-0.1, -0.05) is 23.5 Å². The lowest BCUT2D eigenvalue weighted by Crippen LogP contribution is -2.39. The average Bonchev–Trinajstić information content (AvgIpc) is 3.26. The fourth-order valence-corrected chi connectivity index (χ4v) is 6.11. The minimum Gasteiger partial charge on any atom is -0.379 e. The Morgan fingerprint density at radius 2 is 1.86 bits per heavy atom. The number of sulfone groups is 1. The van der Waals surface area contributed by atoms with Gasteiger partial charge in [-0.3, -0.25) is 14.6 Å². The standard InChI is InChI=1S/C25H29F2N3O4S2/c1-17(2)36(32,33)20-6-4-18(5-7-20)14-23(31)30(9-3-8-29-10-12-34-13-11-29)25-28-24-21(27)15-19(26)16-22(24)35-25/h4-7,15-17H,3,8-14H2,1-2H3. The van der Waals surface area contributed by atoms with Crippen molar-refractivity contribution in [3.8, 4) is 0 Å². The van der Waals surface area contributed by atoms with E-state index in [-0.39, 0.29) is 22.7 Å². The monoisotopic (exact) mass is 537 g/mol. The van der Waals surface area contributed by atoms with Gasteiger partial charge in [0.15, 0.2) is 20.8 Å². The number of carbonyl (C=O) groups excluding carboxylic acids is 1. The molecule has 0 N–H and O–H groups in total. The maximum Gasteiger partial charge on any atom is 0.233 e. The first-order valence-electron chi connectivity index (χ1n) is 11.8. The van der Waals surface area contributed by atoms with E-state index in [9.17, 15) is 22.0 Å². The summed E-state index contributed by atoms with van der Waals surface area (Å²) in [6, 6.07) is 8.28. The maximum atomic E-state index is 14.3. The Morgan fingerprint density at radius 1 is 1.17 bits per heavy atom. The van der Waals surface area contributed by atoms with Crippen molar-refractivity contribution in [2.24, 2.45) is 0 Å². The molecule has 1 amide bonds. The Morgan fingerprint density at radius 3 is 2.53 bits per heavy atom. The highest BCUT2D eigenvalue weighted by molar-refractivity contribution is 7.92. The number of morpholine rings is 1. The van der Waals surface area contributed by atoms with E-state index >= 15 is 0 Å². The molecule has 4 rings (SSSR count). The summed E-state index contributed by atoms with van der Waals surface area (Å²) in [6.07, 6.45) is 0.691. The van der Waals surface area contributed by atoms with Crippen molar-refractivity contribution in [3.63, 3.8) is 0 Å². The molecule has 0 radical (unpaired) electrons. The van der Waals surface area contributed by atoms with Gasteiger partial charge in [-0.2, -0.15) is 0 Å². The maximum absolute atomic E-state index is 14.3. The van der Waals surface area contributed by atoms with Crippen molar-refractivity contribution in [2.75, 3.05) is 44.3 Å². The molecule has 0 bridgehead atoms. The number of halogens is 2. The molecule has 3 aromatic rings. The molecular formula is C25H29F2N3O4S2. The van der Waals surface area contributed by atoms with Crippen molar-refractivity contribution >= 4 is 42.4 Å². The minimum atomic E-state index is -3.41. The van der Waals surface area contributed by atoms with Gasteiger partial charge in [0, 0.05) is 32.2 Å². The first kappa shape index (κ1) is 26.6. The molecule has 194 valence electrons. The third kappa shape index (κ3) is 6.08. The van der Waals surface area contributed by atoms with E-state index in [0.717, 1.165) is 37.0 Å². The Labute approximate surface area is 213 Å². The van der Waals surface area contributed by atoms with Crippen LogP contribution in [0.25, 0.3) is 10.2 Å². The van der Waals surface area contributed by atoms with Gasteiger partial charge in [0.05, 0.1) is 34.5 Å². The zero-order chi connectivity index (χ0) is 25.9. The summed E-state index contributed by atoms with van der Waals surface area (Å²) in [5.41, 5.74) is 0.685. The van der Waals surface area contributed by atoms with Gasteiger partial charge in [-0.25, -0.2) is 22.2 Å². The number of aromatic nitrogens is 1. The molecule has 7 nitrogen and oxygen atoms in total. The van der Waals surface area contributed by atoms with E-state index < -0.39 is 26.7 Å². The van der Waals surface area contributed by atoms with Gasteiger partial charge in [-0.15, -0.1) is 0 Å². The number of fused-ring (bicyclic) bond motifs is 1. The molecule has 11 heteroatoms. The summed E-state index contributed by atoms with van der Waals surface area (Å²) >= 11 is 1.07. The van der Waals surface area contributed by atoms with Gasteiger partial charge in [0.2, 0.25) is 5.91 Å². The van der Waals surface area contributed by atoms with Crippen LogP contribution in [0.4, 0.5) is 13.9 Å². The summed E-state index contributed by atoms with van der Waals surface area (Å²) in [6.45, 7) is 7.36. The number of hydrogen-bond acceptors (Lipinski definition) is 7. The van der Waals surface area contributed by atoms with E-state index in [0.29, 0.717) is 41.6 Å². The van der Waals surface area contributed by atoms with Crippen molar-refractivity contribution in [1.29, 1.82) is 0 Å².